The number of pyridine rings is 4. The number of hydrogen-bond acceptors (Lipinski definition) is 8. The van der Waals surface area contributed by atoms with Gasteiger partial charge in [0, 0.05) is 77.1 Å². The Bertz CT molecular complexity index is 1170. The molecule has 8 nitrogen and oxygen atoms in total. The Kier molecular flexibility index (Phi) is 10.8. The molecule has 12 heteroatoms. The van der Waals surface area contributed by atoms with Crippen LogP contribution in [0.4, 0.5) is 23.3 Å². The van der Waals surface area contributed by atoms with E-state index < -0.39 is 0 Å². The van der Waals surface area contributed by atoms with Crippen molar-refractivity contribution in [2.45, 2.75) is 12.8 Å². The number of anilines is 4. The average Bonchev–Trinajstić information content (AvgIpc) is 3.00. The van der Waals surface area contributed by atoms with Crippen LogP contribution in [0.1, 0.15) is 12.8 Å². The first-order valence-electron chi connectivity index (χ1n) is 13.9. The third-order valence-corrected chi connectivity index (χ3v) is 8.03. The molecule has 0 amide bonds. The molecule has 1 fully saturated rings. The Hall–Kier alpha value is -3.04. The highest BCUT2D eigenvalue weighted by molar-refractivity contribution is 6.31. The van der Waals surface area contributed by atoms with Gasteiger partial charge in [-0.3, -0.25) is 0 Å². The first-order valence-corrected chi connectivity index (χ1v) is 15.4. The molecule has 0 radical (unpaired) electrons. The highest BCUT2D eigenvalue weighted by Gasteiger charge is 2.18. The first kappa shape index (κ1) is 30.4. The molecule has 0 N–H and O–H groups in total. The highest BCUT2D eigenvalue weighted by atomic mass is 35.5. The predicted molar refractivity (Wildman–Crippen MR) is 175 cm³/mol. The standard InChI is InChI=1S/C30H32Cl4N8/c31-23-3-7-27(35-19-23)39-11-1-12-40(28-8-4-24(32)20-36-28)16-18-42(30-10-6-26(34)22-38-30)14-2-13-41(17-15-39)29-9-5-25(33)21-37-29/h3-10,19-22H,1-2,11-18H2. The topological polar surface area (TPSA) is 64.5 Å². The second-order valence-electron chi connectivity index (χ2n) is 9.99. The Morgan fingerprint density at radius 2 is 0.595 bits per heavy atom. The van der Waals surface area contributed by atoms with Crippen LogP contribution < -0.4 is 19.6 Å². The quantitative estimate of drug-likeness (QED) is 0.235. The maximum atomic E-state index is 6.16. The Balaban J connectivity index is 1.42. The molecule has 4 aromatic rings. The van der Waals surface area contributed by atoms with E-state index in [2.05, 4.69) is 39.5 Å². The number of aromatic nitrogens is 4. The minimum atomic E-state index is 0.618. The van der Waals surface area contributed by atoms with Crippen molar-refractivity contribution in [1.82, 2.24) is 19.9 Å². The second-order valence-corrected chi connectivity index (χ2v) is 11.7. The van der Waals surface area contributed by atoms with Crippen molar-refractivity contribution in [3.8, 4) is 0 Å². The summed E-state index contributed by atoms with van der Waals surface area (Å²) < 4.78 is 0. The molecule has 5 rings (SSSR count). The summed E-state index contributed by atoms with van der Waals surface area (Å²) >= 11 is 24.6. The smallest absolute Gasteiger partial charge is 0.128 e. The van der Waals surface area contributed by atoms with Gasteiger partial charge in [-0.2, -0.15) is 0 Å². The number of hydrogen-bond donors (Lipinski definition) is 0. The van der Waals surface area contributed by atoms with E-state index in [1.54, 1.807) is 24.8 Å². The molecule has 5 heterocycles. The predicted octanol–water partition coefficient (Wildman–Crippen LogP) is 7.00. The summed E-state index contributed by atoms with van der Waals surface area (Å²) in [7, 11) is 0. The molecule has 0 unspecified atom stereocenters. The molecule has 0 bridgehead atoms. The summed E-state index contributed by atoms with van der Waals surface area (Å²) in [6.45, 7) is 6.29. The van der Waals surface area contributed by atoms with Crippen LogP contribution in [0.3, 0.4) is 0 Å². The van der Waals surface area contributed by atoms with Gasteiger partial charge in [-0.1, -0.05) is 46.4 Å². The lowest BCUT2D eigenvalue weighted by Gasteiger charge is -2.33. The fourth-order valence-corrected chi connectivity index (χ4v) is 5.42. The molecule has 0 aromatic carbocycles. The van der Waals surface area contributed by atoms with Crippen molar-refractivity contribution >= 4 is 69.7 Å². The third kappa shape index (κ3) is 8.51. The van der Waals surface area contributed by atoms with E-state index in [4.69, 9.17) is 46.4 Å². The van der Waals surface area contributed by atoms with Crippen LogP contribution in [-0.2, 0) is 0 Å². The lowest BCUT2D eigenvalue weighted by molar-refractivity contribution is 0.623. The SMILES string of the molecule is Clc1ccc(N2CCCN(c3ccc(Cl)cn3)CCN(c3ccc(Cl)cn3)CCCN(c3ccc(Cl)cn3)CC2)nc1. The van der Waals surface area contributed by atoms with E-state index >= 15 is 0 Å². The average molecular weight is 646 g/mol. The van der Waals surface area contributed by atoms with Crippen LogP contribution in [0.25, 0.3) is 0 Å². The van der Waals surface area contributed by atoms with Gasteiger partial charge in [-0.05, 0) is 61.4 Å². The van der Waals surface area contributed by atoms with E-state index in [0.29, 0.717) is 20.1 Å². The van der Waals surface area contributed by atoms with E-state index in [1.165, 1.54) is 0 Å². The van der Waals surface area contributed by atoms with Crippen molar-refractivity contribution in [2.75, 3.05) is 72.0 Å². The van der Waals surface area contributed by atoms with Crippen molar-refractivity contribution in [3.63, 3.8) is 0 Å². The Morgan fingerprint density at radius 3 is 0.786 bits per heavy atom. The number of rotatable bonds is 4. The van der Waals surface area contributed by atoms with Crippen LogP contribution in [0.15, 0.2) is 73.3 Å². The van der Waals surface area contributed by atoms with Gasteiger partial charge >= 0.3 is 0 Å². The summed E-state index contributed by atoms with van der Waals surface area (Å²) in [5.41, 5.74) is 0. The largest absolute Gasteiger partial charge is 0.355 e. The molecular weight excluding hydrogens is 614 g/mol. The van der Waals surface area contributed by atoms with Crippen LogP contribution in [-0.4, -0.2) is 72.3 Å². The minimum absolute atomic E-state index is 0.618. The van der Waals surface area contributed by atoms with Crippen molar-refractivity contribution in [3.05, 3.63) is 93.4 Å². The van der Waals surface area contributed by atoms with Crippen LogP contribution in [0.5, 0.6) is 0 Å². The number of nitrogens with zero attached hydrogens (tertiary/aromatic N) is 8. The molecule has 1 saturated heterocycles. The third-order valence-electron chi connectivity index (χ3n) is 7.13. The zero-order chi connectivity index (χ0) is 29.3. The fraction of sp³-hybridized carbons (Fsp3) is 0.333. The molecule has 42 heavy (non-hydrogen) atoms. The normalized spacial score (nSPS) is 15.9. The maximum Gasteiger partial charge on any atom is 0.128 e. The highest BCUT2D eigenvalue weighted by Crippen LogP contribution is 2.21. The van der Waals surface area contributed by atoms with Crippen LogP contribution >= 0.6 is 46.4 Å². The lowest BCUT2D eigenvalue weighted by Crippen LogP contribution is -2.42. The van der Waals surface area contributed by atoms with Crippen LogP contribution in [0.2, 0.25) is 20.1 Å². The molecule has 0 aliphatic carbocycles. The van der Waals surface area contributed by atoms with Gasteiger partial charge in [-0.15, -0.1) is 0 Å². The van der Waals surface area contributed by atoms with E-state index in [9.17, 15) is 0 Å². The monoisotopic (exact) mass is 644 g/mol. The van der Waals surface area contributed by atoms with E-state index in [-0.39, 0.29) is 0 Å². The molecule has 0 saturated carbocycles. The summed E-state index contributed by atoms with van der Waals surface area (Å²) in [5, 5.41) is 2.47. The summed E-state index contributed by atoms with van der Waals surface area (Å²) in [6.07, 6.45) is 8.59. The van der Waals surface area contributed by atoms with Gasteiger partial charge in [0.25, 0.3) is 0 Å². The number of halogens is 4. The van der Waals surface area contributed by atoms with Gasteiger partial charge in [0.15, 0.2) is 0 Å². The van der Waals surface area contributed by atoms with Gasteiger partial charge in [0.05, 0.1) is 20.1 Å². The summed E-state index contributed by atoms with van der Waals surface area (Å²) in [4.78, 5) is 27.7. The molecule has 1 aliphatic heterocycles. The lowest BCUT2D eigenvalue weighted by atomic mass is 10.2. The molecule has 1 aliphatic rings. The fourth-order valence-electron chi connectivity index (χ4n) is 4.97. The summed E-state index contributed by atoms with van der Waals surface area (Å²) in [6, 6.07) is 15.5. The summed E-state index contributed by atoms with van der Waals surface area (Å²) in [5.74, 6) is 3.58. The Morgan fingerprint density at radius 1 is 0.357 bits per heavy atom. The zero-order valence-corrected chi connectivity index (χ0v) is 26.1. The maximum absolute atomic E-state index is 6.16. The van der Waals surface area contributed by atoms with E-state index in [1.807, 2.05) is 48.5 Å². The van der Waals surface area contributed by atoms with Gasteiger partial charge < -0.3 is 19.6 Å². The van der Waals surface area contributed by atoms with Crippen molar-refractivity contribution < 1.29 is 0 Å². The van der Waals surface area contributed by atoms with E-state index in [0.717, 1.165) is 88.5 Å². The van der Waals surface area contributed by atoms with Crippen molar-refractivity contribution in [2.24, 2.45) is 0 Å². The molecule has 220 valence electrons. The van der Waals surface area contributed by atoms with Crippen molar-refractivity contribution in [1.29, 1.82) is 0 Å². The molecular formula is C30H32Cl4N8. The molecule has 0 spiro atoms. The minimum Gasteiger partial charge on any atom is -0.355 e. The zero-order valence-electron chi connectivity index (χ0n) is 23.1. The van der Waals surface area contributed by atoms with Gasteiger partial charge in [-0.25, -0.2) is 19.9 Å². The van der Waals surface area contributed by atoms with Crippen LogP contribution in [0, 0.1) is 0 Å². The second kappa shape index (κ2) is 14.9. The van der Waals surface area contributed by atoms with Gasteiger partial charge in [0.2, 0.25) is 0 Å². The van der Waals surface area contributed by atoms with Gasteiger partial charge in [0.1, 0.15) is 23.3 Å². The first-order chi connectivity index (χ1) is 20.4. The molecule has 4 aromatic heterocycles. The Labute approximate surface area is 266 Å². The molecule has 0 atom stereocenters.